The van der Waals surface area contributed by atoms with Gasteiger partial charge in [-0.15, -0.1) is 0 Å². The van der Waals surface area contributed by atoms with E-state index in [0.717, 1.165) is 10.9 Å². The molecule has 2 N–H and O–H groups in total. The van der Waals surface area contributed by atoms with E-state index in [4.69, 9.17) is 21.1 Å². The molecule has 0 aliphatic rings. The van der Waals surface area contributed by atoms with E-state index in [9.17, 15) is 9.59 Å². The lowest BCUT2D eigenvalue weighted by molar-refractivity contribution is 0.205. The number of para-hydroxylation sites is 1. The van der Waals surface area contributed by atoms with E-state index in [-0.39, 0.29) is 24.7 Å². The van der Waals surface area contributed by atoms with Crippen molar-refractivity contribution in [2.75, 3.05) is 19.5 Å². The second kappa shape index (κ2) is 10.3. The highest BCUT2D eigenvalue weighted by Gasteiger charge is 2.19. The predicted molar refractivity (Wildman–Crippen MR) is 134 cm³/mol. The Labute approximate surface area is 201 Å². The van der Waals surface area contributed by atoms with Crippen LogP contribution in [0, 0.1) is 0 Å². The molecule has 7 nitrogen and oxygen atoms in total. The Morgan fingerprint density at radius 2 is 1.74 bits per heavy atom. The average Bonchev–Trinajstić information content (AvgIpc) is 2.84. The monoisotopic (exact) mass is 477 g/mol. The van der Waals surface area contributed by atoms with E-state index in [1.54, 1.807) is 55.5 Å². The van der Waals surface area contributed by atoms with Crippen LogP contribution in [0.15, 0.2) is 77.6 Å². The molecule has 0 aliphatic heterocycles. The van der Waals surface area contributed by atoms with Gasteiger partial charge in [0.15, 0.2) is 0 Å². The van der Waals surface area contributed by atoms with Gasteiger partial charge in [-0.05, 0) is 47.9 Å². The smallest absolute Gasteiger partial charge is 0.322 e. The van der Waals surface area contributed by atoms with Crippen LogP contribution in [-0.2, 0) is 13.1 Å². The van der Waals surface area contributed by atoms with E-state index < -0.39 is 0 Å². The highest BCUT2D eigenvalue weighted by molar-refractivity contribution is 6.30. The van der Waals surface area contributed by atoms with Crippen LogP contribution in [0.3, 0.4) is 0 Å². The summed E-state index contributed by atoms with van der Waals surface area (Å²) in [7, 11) is 3.15. The highest BCUT2D eigenvalue weighted by Crippen LogP contribution is 2.23. The molecular weight excluding hydrogens is 454 g/mol. The number of halogens is 1. The van der Waals surface area contributed by atoms with Crippen LogP contribution in [0.25, 0.3) is 10.9 Å². The number of rotatable bonds is 7. The summed E-state index contributed by atoms with van der Waals surface area (Å²) < 4.78 is 10.7. The number of methoxy groups -OCH3 is 2. The summed E-state index contributed by atoms with van der Waals surface area (Å²) in [6.45, 7) is 0.318. The third kappa shape index (κ3) is 5.32. The summed E-state index contributed by atoms with van der Waals surface area (Å²) in [5, 5.41) is 4.21. The van der Waals surface area contributed by atoms with Crippen molar-refractivity contribution in [1.82, 2.24) is 9.88 Å². The van der Waals surface area contributed by atoms with Gasteiger partial charge >= 0.3 is 6.03 Å². The molecule has 0 saturated carbocycles. The van der Waals surface area contributed by atoms with Crippen LogP contribution in [0.5, 0.6) is 11.5 Å². The van der Waals surface area contributed by atoms with Gasteiger partial charge in [-0.25, -0.2) is 4.79 Å². The molecule has 0 saturated heterocycles. The number of amides is 2. The van der Waals surface area contributed by atoms with Crippen LogP contribution in [0.2, 0.25) is 5.02 Å². The summed E-state index contributed by atoms with van der Waals surface area (Å²) in [5.74, 6) is 1.30. The van der Waals surface area contributed by atoms with Crippen molar-refractivity contribution in [2.45, 2.75) is 13.1 Å². The molecule has 4 aromatic rings. The van der Waals surface area contributed by atoms with E-state index >= 15 is 0 Å². The molecule has 0 aliphatic carbocycles. The maximum Gasteiger partial charge on any atom is 0.322 e. The molecule has 34 heavy (non-hydrogen) atoms. The molecule has 1 heterocycles. The molecule has 0 atom stereocenters. The molecule has 174 valence electrons. The Hall–Kier alpha value is -3.97. The maximum atomic E-state index is 13.3. The van der Waals surface area contributed by atoms with Gasteiger partial charge < -0.3 is 24.7 Å². The van der Waals surface area contributed by atoms with E-state index in [1.165, 1.54) is 0 Å². The molecule has 0 fully saturated rings. The van der Waals surface area contributed by atoms with Crippen molar-refractivity contribution < 1.29 is 14.3 Å². The molecule has 1 aromatic heterocycles. The maximum absolute atomic E-state index is 13.3. The van der Waals surface area contributed by atoms with E-state index in [1.807, 2.05) is 36.4 Å². The van der Waals surface area contributed by atoms with Crippen LogP contribution in [-0.4, -0.2) is 30.1 Å². The Kier molecular flexibility index (Phi) is 7.04. The molecule has 8 heteroatoms. The predicted octanol–water partition coefficient (Wildman–Crippen LogP) is 5.43. The van der Waals surface area contributed by atoms with Crippen molar-refractivity contribution in [1.29, 1.82) is 0 Å². The molecule has 0 spiro atoms. The fraction of sp³-hybridized carbons (Fsp3) is 0.154. The number of nitrogens with one attached hydrogen (secondary N) is 2. The topological polar surface area (TPSA) is 83.7 Å². The number of hydrogen-bond acceptors (Lipinski definition) is 4. The minimum Gasteiger partial charge on any atom is -0.497 e. The number of anilines is 1. The molecule has 0 radical (unpaired) electrons. The van der Waals surface area contributed by atoms with Crippen molar-refractivity contribution in [3.05, 3.63) is 99.3 Å². The zero-order valence-electron chi connectivity index (χ0n) is 18.8. The second-order valence-electron chi connectivity index (χ2n) is 7.69. The van der Waals surface area contributed by atoms with Gasteiger partial charge in [-0.3, -0.25) is 4.79 Å². The standard InChI is InChI=1S/C26H24ClN3O4/c1-33-22-11-10-17-12-19(25(31)29-23(17)14-22)16-30(15-18-6-3-4-9-24(18)34-2)26(32)28-21-8-5-7-20(27)13-21/h3-14H,15-16H2,1-2H3,(H,28,32)(H,29,31). The number of nitrogens with zero attached hydrogens (tertiary/aromatic N) is 1. The third-order valence-corrected chi connectivity index (χ3v) is 5.64. The molecule has 4 rings (SSSR count). The fourth-order valence-corrected chi connectivity index (χ4v) is 3.87. The van der Waals surface area contributed by atoms with Gasteiger partial charge in [0, 0.05) is 27.9 Å². The normalized spacial score (nSPS) is 10.7. The summed E-state index contributed by atoms with van der Waals surface area (Å²) in [4.78, 5) is 30.6. The number of fused-ring (bicyclic) bond motifs is 1. The lowest BCUT2D eigenvalue weighted by atomic mass is 10.1. The first kappa shape index (κ1) is 23.2. The minimum atomic E-state index is -0.373. The second-order valence-corrected chi connectivity index (χ2v) is 8.12. The number of pyridine rings is 1. The van der Waals surface area contributed by atoms with Crippen LogP contribution >= 0.6 is 11.6 Å². The number of carbonyl (C=O) groups excluding carboxylic acids is 1. The first-order valence-electron chi connectivity index (χ1n) is 10.6. The number of aromatic nitrogens is 1. The number of ether oxygens (including phenoxy) is 2. The zero-order chi connectivity index (χ0) is 24.1. The van der Waals surface area contributed by atoms with Crippen molar-refractivity contribution >= 4 is 34.2 Å². The summed E-state index contributed by atoms with van der Waals surface area (Å²) in [6, 6.07) is 21.2. The largest absolute Gasteiger partial charge is 0.497 e. The first-order chi connectivity index (χ1) is 16.5. The summed E-state index contributed by atoms with van der Waals surface area (Å²) >= 11 is 6.07. The number of aromatic amines is 1. The van der Waals surface area contributed by atoms with Gasteiger partial charge in [0.25, 0.3) is 5.56 Å². The fourth-order valence-electron chi connectivity index (χ4n) is 3.68. The van der Waals surface area contributed by atoms with Crippen LogP contribution < -0.4 is 20.3 Å². The summed E-state index contributed by atoms with van der Waals surface area (Å²) in [6.07, 6.45) is 0. The van der Waals surface area contributed by atoms with Gasteiger partial charge in [-0.2, -0.15) is 0 Å². The van der Waals surface area contributed by atoms with Crippen molar-refractivity contribution in [2.24, 2.45) is 0 Å². The third-order valence-electron chi connectivity index (χ3n) is 5.41. The summed E-state index contributed by atoms with van der Waals surface area (Å²) in [5.41, 5.74) is 2.21. The van der Waals surface area contributed by atoms with Gasteiger partial charge in [0.1, 0.15) is 11.5 Å². The van der Waals surface area contributed by atoms with Gasteiger partial charge in [0.05, 0.1) is 32.8 Å². The Morgan fingerprint density at radius 1 is 0.941 bits per heavy atom. The molecule has 0 bridgehead atoms. The number of urea groups is 1. The molecule has 2 amide bonds. The van der Waals surface area contributed by atoms with Gasteiger partial charge in [0.2, 0.25) is 0 Å². The van der Waals surface area contributed by atoms with Gasteiger partial charge in [-0.1, -0.05) is 35.9 Å². The highest BCUT2D eigenvalue weighted by atomic mass is 35.5. The zero-order valence-corrected chi connectivity index (χ0v) is 19.6. The SMILES string of the molecule is COc1ccc2cc(CN(Cc3ccccc3OC)C(=O)Nc3cccc(Cl)c3)c(=O)[nH]c2c1. The Bertz CT molecular complexity index is 1390. The number of carbonyl (C=O) groups is 1. The number of hydrogen-bond donors (Lipinski definition) is 2. The quantitative estimate of drug-likeness (QED) is 0.371. The number of benzene rings is 3. The van der Waals surface area contributed by atoms with Crippen molar-refractivity contribution in [3.63, 3.8) is 0 Å². The van der Waals surface area contributed by atoms with Crippen molar-refractivity contribution in [3.8, 4) is 11.5 Å². The average molecular weight is 478 g/mol. The number of H-pyrrole nitrogens is 1. The molecular formula is C26H24ClN3O4. The molecule has 3 aromatic carbocycles. The molecule has 0 unspecified atom stereocenters. The Morgan fingerprint density at radius 3 is 2.50 bits per heavy atom. The van der Waals surface area contributed by atoms with E-state index in [0.29, 0.717) is 33.3 Å². The van der Waals surface area contributed by atoms with Crippen LogP contribution in [0.4, 0.5) is 10.5 Å². The van der Waals surface area contributed by atoms with Crippen LogP contribution in [0.1, 0.15) is 11.1 Å². The minimum absolute atomic E-state index is 0.0851. The lowest BCUT2D eigenvalue weighted by Gasteiger charge is -2.24. The first-order valence-corrected chi connectivity index (χ1v) is 11.0. The lowest BCUT2D eigenvalue weighted by Crippen LogP contribution is -2.35. The Balaban J connectivity index is 1.67. The van der Waals surface area contributed by atoms with E-state index in [2.05, 4.69) is 10.3 Å².